The molecule has 2 N–H and O–H groups in total. The smallest absolute Gasteiger partial charge is 0.279 e. The topological polar surface area (TPSA) is 126 Å². The van der Waals surface area contributed by atoms with Gasteiger partial charge in [-0.25, -0.2) is 0 Å². The van der Waals surface area contributed by atoms with Gasteiger partial charge in [-0.05, 0) is 64.3 Å². The standard InChI is InChI=1S/C36H42N6O4/c1-25(2)10-9-11-26(3)17-20-41-33-16-15-30(42-34(44)31-14-6-5-13-28(31)23-37-42)22-32(33)36(46,35(41)45)27(4)12-7-8-19-40-24-29(18-21-43)38-39-40/h5-7,10,12-17,22-24,27,43,46H,8-9,11,18-21H2,1-4H3/b12-7+,26-17+/t27-,36+/m0/s1. The first-order chi connectivity index (χ1) is 22.1. The van der Waals surface area contributed by atoms with Crippen molar-refractivity contribution in [2.75, 3.05) is 18.1 Å². The summed E-state index contributed by atoms with van der Waals surface area (Å²) in [5.74, 6) is -0.988. The zero-order valence-corrected chi connectivity index (χ0v) is 26.9. The lowest BCUT2D eigenvalue weighted by molar-refractivity contribution is -0.139. The van der Waals surface area contributed by atoms with Gasteiger partial charge in [-0.3, -0.25) is 14.3 Å². The number of allylic oxidation sites excluding steroid dienone is 4. The fraction of sp³-hybridized carbons (Fsp3) is 0.361. The minimum absolute atomic E-state index is 0.0136. The van der Waals surface area contributed by atoms with Crippen LogP contribution < -0.4 is 10.5 Å². The third-order valence-electron chi connectivity index (χ3n) is 8.47. The number of nitrogens with zero attached hydrogens (tertiary/aromatic N) is 6. The molecule has 10 heteroatoms. The van der Waals surface area contributed by atoms with E-state index >= 15 is 0 Å². The molecule has 2 atom stereocenters. The summed E-state index contributed by atoms with van der Waals surface area (Å²) in [6, 6.07) is 12.5. The van der Waals surface area contributed by atoms with Gasteiger partial charge in [-0.15, -0.1) is 5.10 Å². The van der Waals surface area contributed by atoms with Crippen molar-refractivity contribution in [1.82, 2.24) is 24.8 Å². The van der Waals surface area contributed by atoms with Crippen LogP contribution in [0.3, 0.4) is 0 Å². The summed E-state index contributed by atoms with van der Waals surface area (Å²) >= 11 is 0. The fourth-order valence-corrected chi connectivity index (χ4v) is 5.78. The molecule has 46 heavy (non-hydrogen) atoms. The Morgan fingerprint density at radius 1 is 1.07 bits per heavy atom. The van der Waals surface area contributed by atoms with E-state index < -0.39 is 17.4 Å². The summed E-state index contributed by atoms with van der Waals surface area (Å²) in [6.07, 6.45) is 14.3. The molecule has 0 unspecified atom stereocenters. The number of aliphatic hydroxyl groups is 2. The molecule has 0 spiro atoms. The van der Waals surface area contributed by atoms with Gasteiger partial charge in [0.15, 0.2) is 5.60 Å². The van der Waals surface area contributed by atoms with Crippen LogP contribution in [0.2, 0.25) is 0 Å². The molecule has 0 saturated heterocycles. The minimum atomic E-state index is -1.85. The van der Waals surface area contributed by atoms with Crippen LogP contribution in [-0.4, -0.2) is 54.0 Å². The Kier molecular flexibility index (Phi) is 10.1. The maximum Gasteiger partial charge on any atom is 0.279 e. The van der Waals surface area contributed by atoms with Crippen molar-refractivity contribution in [2.24, 2.45) is 5.92 Å². The molecule has 10 nitrogen and oxygen atoms in total. The number of aromatic nitrogens is 5. The van der Waals surface area contributed by atoms with Crippen molar-refractivity contribution >= 4 is 22.4 Å². The number of hydrogen-bond acceptors (Lipinski definition) is 7. The van der Waals surface area contributed by atoms with Crippen molar-refractivity contribution < 1.29 is 15.0 Å². The molecule has 1 amide bonds. The molecule has 0 fully saturated rings. The van der Waals surface area contributed by atoms with Crippen LogP contribution in [0.1, 0.15) is 58.2 Å². The SMILES string of the molecule is CC(C)=CCC/C(C)=C/CN1C(=O)[C@@](O)([C@@H](C)/C=C/CCn2cc(CCO)nn2)c2cc(-n3ncc4ccccc4c3=O)ccc21. The van der Waals surface area contributed by atoms with Crippen LogP contribution in [0, 0.1) is 5.92 Å². The average Bonchev–Trinajstić information content (AvgIpc) is 3.58. The Balaban J connectivity index is 1.46. The van der Waals surface area contributed by atoms with Gasteiger partial charge < -0.3 is 15.1 Å². The number of hydrogen-bond donors (Lipinski definition) is 2. The molecule has 4 aromatic rings. The van der Waals surface area contributed by atoms with Crippen LogP contribution >= 0.6 is 0 Å². The fourth-order valence-electron chi connectivity index (χ4n) is 5.78. The quantitative estimate of drug-likeness (QED) is 0.201. The molecule has 0 aliphatic carbocycles. The third kappa shape index (κ3) is 6.78. The van der Waals surface area contributed by atoms with Crippen molar-refractivity contribution in [3.63, 3.8) is 0 Å². The summed E-state index contributed by atoms with van der Waals surface area (Å²) < 4.78 is 3.02. The lowest BCUT2D eigenvalue weighted by Crippen LogP contribution is -2.44. The van der Waals surface area contributed by atoms with Crippen molar-refractivity contribution in [3.8, 4) is 5.69 Å². The first kappa shape index (κ1) is 32.7. The highest BCUT2D eigenvalue weighted by molar-refractivity contribution is 6.07. The lowest BCUT2D eigenvalue weighted by atomic mass is 9.82. The molecule has 2 aromatic heterocycles. The molecular weight excluding hydrogens is 580 g/mol. The molecule has 0 saturated carbocycles. The highest BCUT2D eigenvalue weighted by atomic mass is 16.3. The number of carbonyl (C=O) groups is 1. The number of aryl methyl sites for hydroxylation is 1. The van der Waals surface area contributed by atoms with Crippen LogP contribution in [0.5, 0.6) is 0 Å². The number of benzene rings is 2. The summed E-state index contributed by atoms with van der Waals surface area (Å²) in [4.78, 5) is 29.2. The number of anilines is 1. The summed E-state index contributed by atoms with van der Waals surface area (Å²) in [5.41, 5.74) is 2.54. The van der Waals surface area contributed by atoms with Crippen LogP contribution in [0.25, 0.3) is 16.5 Å². The third-order valence-corrected chi connectivity index (χ3v) is 8.47. The highest BCUT2D eigenvalue weighted by Gasteiger charge is 2.52. The maximum absolute atomic E-state index is 14.1. The molecule has 240 valence electrons. The number of carbonyl (C=O) groups excluding carboxylic acids is 1. The average molecular weight is 623 g/mol. The summed E-state index contributed by atoms with van der Waals surface area (Å²) in [6.45, 7) is 8.93. The largest absolute Gasteiger partial charge is 0.396 e. The van der Waals surface area contributed by atoms with E-state index in [9.17, 15) is 14.7 Å². The summed E-state index contributed by atoms with van der Waals surface area (Å²) in [7, 11) is 0. The van der Waals surface area contributed by atoms with Crippen LogP contribution in [0.15, 0.2) is 95.1 Å². The second kappa shape index (κ2) is 14.2. The van der Waals surface area contributed by atoms with Gasteiger partial charge in [0.25, 0.3) is 11.5 Å². The van der Waals surface area contributed by atoms with E-state index in [2.05, 4.69) is 42.3 Å². The highest BCUT2D eigenvalue weighted by Crippen LogP contribution is 2.46. The molecule has 0 bridgehead atoms. The molecule has 1 aliphatic heterocycles. The molecule has 3 heterocycles. The van der Waals surface area contributed by atoms with Gasteiger partial charge in [-0.2, -0.15) is 9.78 Å². The van der Waals surface area contributed by atoms with Crippen molar-refractivity contribution in [2.45, 2.75) is 65.5 Å². The zero-order valence-electron chi connectivity index (χ0n) is 26.9. The van der Waals surface area contributed by atoms with E-state index in [4.69, 9.17) is 5.11 Å². The van der Waals surface area contributed by atoms with Gasteiger partial charge in [0.05, 0.1) is 28.7 Å². The number of amides is 1. The van der Waals surface area contributed by atoms with E-state index in [1.54, 1.807) is 46.2 Å². The summed E-state index contributed by atoms with van der Waals surface area (Å²) in [5, 5.41) is 35.2. The van der Waals surface area contributed by atoms with Gasteiger partial charge in [0.1, 0.15) is 0 Å². The second-order valence-corrected chi connectivity index (χ2v) is 12.2. The Morgan fingerprint density at radius 3 is 2.65 bits per heavy atom. The predicted molar refractivity (Wildman–Crippen MR) is 180 cm³/mol. The number of aliphatic hydroxyl groups excluding tert-OH is 1. The van der Waals surface area contributed by atoms with Crippen molar-refractivity contribution in [3.05, 3.63) is 112 Å². The van der Waals surface area contributed by atoms with Crippen molar-refractivity contribution in [1.29, 1.82) is 0 Å². The van der Waals surface area contributed by atoms with E-state index in [-0.39, 0.29) is 12.2 Å². The van der Waals surface area contributed by atoms with Gasteiger partial charge in [0, 0.05) is 49.2 Å². The number of rotatable bonds is 13. The lowest BCUT2D eigenvalue weighted by Gasteiger charge is -2.27. The maximum atomic E-state index is 14.1. The van der Waals surface area contributed by atoms with E-state index in [0.717, 1.165) is 29.5 Å². The van der Waals surface area contributed by atoms with Crippen LogP contribution in [-0.2, 0) is 23.4 Å². The second-order valence-electron chi connectivity index (χ2n) is 12.2. The van der Waals surface area contributed by atoms with E-state index in [1.165, 1.54) is 10.3 Å². The van der Waals surface area contributed by atoms with E-state index in [0.29, 0.717) is 48.3 Å². The first-order valence-corrected chi connectivity index (χ1v) is 15.7. The number of fused-ring (bicyclic) bond motifs is 2. The Bertz CT molecular complexity index is 1870. The van der Waals surface area contributed by atoms with Gasteiger partial charge in [0.2, 0.25) is 0 Å². The molecule has 5 rings (SSSR count). The Morgan fingerprint density at radius 2 is 1.87 bits per heavy atom. The Hall–Kier alpha value is -4.67. The molecular formula is C36H42N6O4. The molecule has 1 aliphatic rings. The normalized spacial score (nSPS) is 17.2. The monoisotopic (exact) mass is 622 g/mol. The predicted octanol–water partition coefficient (Wildman–Crippen LogP) is 5.02. The first-order valence-electron chi connectivity index (χ1n) is 15.7. The van der Waals surface area contributed by atoms with Crippen LogP contribution in [0.4, 0.5) is 5.69 Å². The minimum Gasteiger partial charge on any atom is -0.396 e. The van der Waals surface area contributed by atoms with E-state index in [1.807, 2.05) is 43.4 Å². The zero-order chi connectivity index (χ0) is 32.8. The van der Waals surface area contributed by atoms with Gasteiger partial charge in [-0.1, -0.05) is 65.8 Å². The Labute approximate surface area is 269 Å². The van der Waals surface area contributed by atoms with Gasteiger partial charge >= 0.3 is 0 Å². The molecule has 0 radical (unpaired) electrons. The molecule has 2 aromatic carbocycles.